The van der Waals surface area contributed by atoms with Gasteiger partial charge in [-0.25, -0.2) is 24.1 Å². The van der Waals surface area contributed by atoms with Crippen molar-refractivity contribution < 1.29 is 38.5 Å². The van der Waals surface area contributed by atoms with Crippen molar-refractivity contribution in [3.63, 3.8) is 0 Å². The lowest BCUT2D eigenvalue weighted by Crippen LogP contribution is -2.45. The fourth-order valence-electron chi connectivity index (χ4n) is 5.50. The molecule has 12 nitrogen and oxygen atoms in total. The van der Waals surface area contributed by atoms with E-state index in [0.29, 0.717) is 5.56 Å². The van der Waals surface area contributed by atoms with Gasteiger partial charge in [0.25, 0.3) is 0 Å². The average Bonchev–Trinajstić information content (AvgIpc) is 3.44. The van der Waals surface area contributed by atoms with Crippen molar-refractivity contribution in [3.8, 4) is 11.1 Å². The van der Waals surface area contributed by atoms with Crippen LogP contribution in [0.3, 0.4) is 0 Å². The van der Waals surface area contributed by atoms with Crippen molar-refractivity contribution in [2.45, 2.75) is 38.0 Å². The van der Waals surface area contributed by atoms with Crippen molar-refractivity contribution in [1.29, 1.82) is 0 Å². The number of nitrogens with one attached hydrogen (secondary N) is 1. The first-order valence-electron chi connectivity index (χ1n) is 15.7. The first kappa shape index (κ1) is 34.2. The standard InChI is InChI=1S/C37H36N4O8/c38-34(40-36(45)47-22-25-12-3-1-4-13-25)41(37(46)49-23-26-14-5-2-6-15-26)21-11-20-32(33(42)43)39-35(44)48-24-31-29-18-9-7-16-27(29)28-17-8-10-19-30(28)31/h1-10,12-19,31-32H,11,20-24H2,(H,39,44)(H,42,43)(H2,38,40,45)/t32-/m0/s1. The highest BCUT2D eigenvalue weighted by Gasteiger charge is 2.30. The van der Waals surface area contributed by atoms with Gasteiger partial charge in [-0.2, -0.15) is 0 Å². The molecular weight excluding hydrogens is 628 g/mol. The van der Waals surface area contributed by atoms with Crippen molar-refractivity contribution in [3.05, 3.63) is 131 Å². The van der Waals surface area contributed by atoms with Gasteiger partial charge in [0, 0.05) is 12.5 Å². The number of benzene rings is 4. The first-order chi connectivity index (χ1) is 23.8. The largest absolute Gasteiger partial charge is 0.480 e. The fourth-order valence-corrected chi connectivity index (χ4v) is 5.50. The second-order valence-electron chi connectivity index (χ2n) is 11.2. The molecule has 1 aliphatic carbocycles. The summed E-state index contributed by atoms with van der Waals surface area (Å²) < 4.78 is 16.0. The van der Waals surface area contributed by atoms with Crippen LogP contribution in [-0.2, 0) is 32.2 Å². The molecule has 0 aliphatic heterocycles. The van der Waals surface area contributed by atoms with Crippen LogP contribution < -0.4 is 11.1 Å². The lowest BCUT2D eigenvalue weighted by atomic mass is 9.98. The van der Waals surface area contributed by atoms with Gasteiger partial charge in [0.05, 0.1) is 0 Å². The van der Waals surface area contributed by atoms with Gasteiger partial charge in [0.1, 0.15) is 25.9 Å². The van der Waals surface area contributed by atoms with E-state index in [-0.39, 0.29) is 45.1 Å². The molecule has 0 saturated heterocycles. The summed E-state index contributed by atoms with van der Waals surface area (Å²) in [4.78, 5) is 55.0. The van der Waals surface area contributed by atoms with Crippen LogP contribution in [0, 0.1) is 0 Å². The Hall–Kier alpha value is -6.17. The van der Waals surface area contributed by atoms with Crippen LogP contribution >= 0.6 is 0 Å². The number of carbonyl (C=O) groups excluding carboxylic acids is 3. The van der Waals surface area contributed by atoms with Crippen molar-refractivity contribution >= 4 is 30.2 Å². The third-order valence-electron chi connectivity index (χ3n) is 7.92. The first-order valence-corrected chi connectivity index (χ1v) is 15.7. The Morgan fingerprint density at radius 2 is 1.29 bits per heavy atom. The molecule has 0 bridgehead atoms. The molecule has 4 aromatic rings. The van der Waals surface area contributed by atoms with E-state index in [0.717, 1.165) is 32.7 Å². The lowest BCUT2D eigenvalue weighted by molar-refractivity contribution is -0.139. The van der Waals surface area contributed by atoms with Crippen LogP contribution in [-0.4, -0.2) is 59.4 Å². The van der Waals surface area contributed by atoms with Gasteiger partial charge in [-0.3, -0.25) is 0 Å². The van der Waals surface area contributed by atoms with Gasteiger partial charge < -0.3 is 30.4 Å². The van der Waals surface area contributed by atoms with Crippen LogP contribution in [0.15, 0.2) is 114 Å². The number of carboxylic acid groups (broad SMARTS) is 1. The van der Waals surface area contributed by atoms with E-state index in [1.54, 1.807) is 48.5 Å². The topological polar surface area (TPSA) is 170 Å². The smallest absolute Gasteiger partial charge is 0.437 e. The van der Waals surface area contributed by atoms with Crippen LogP contribution in [0.2, 0.25) is 0 Å². The van der Waals surface area contributed by atoms with Gasteiger partial charge in [0.2, 0.25) is 5.96 Å². The van der Waals surface area contributed by atoms with Crippen LogP contribution in [0.25, 0.3) is 11.1 Å². The number of rotatable bonds is 12. The maximum Gasteiger partial charge on any atom is 0.437 e. The monoisotopic (exact) mass is 664 g/mol. The molecule has 0 aromatic heterocycles. The summed E-state index contributed by atoms with van der Waals surface area (Å²) >= 11 is 0. The molecule has 252 valence electrons. The molecule has 0 spiro atoms. The molecule has 0 unspecified atom stereocenters. The summed E-state index contributed by atoms with van der Waals surface area (Å²) in [6, 6.07) is 32.3. The summed E-state index contributed by atoms with van der Waals surface area (Å²) in [5, 5.41) is 12.2. The van der Waals surface area contributed by atoms with Gasteiger partial charge in [-0.15, -0.1) is 4.99 Å². The van der Waals surface area contributed by atoms with E-state index in [1.165, 1.54) is 0 Å². The molecule has 1 aliphatic rings. The predicted molar refractivity (Wildman–Crippen MR) is 180 cm³/mol. The number of carbonyl (C=O) groups is 4. The minimum Gasteiger partial charge on any atom is -0.480 e. The number of carboxylic acids is 1. The Kier molecular flexibility index (Phi) is 11.6. The van der Waals surface area contributed by atoms with E-state index in [4.69, 9.17) is 19.9 Å². The van der Waals surface area contributed by atoms with Gasteiger partial charge in [-0.05, 0) is 46.2 Å². The maximum atomic E-state index is 13.1. The highest BCUT2D eigenvalue weighted by atomic mass is 16.6. The number of nitrogens with zero attached hydrogens (tertiary/aromatic N) is 2. The molecule has 3 amide bonds. The summed E-state index contributed by atoms with van der Waals surface area (Å²) in [6.45, 7) is -0.300. The summed E-state index contributed by atoms with van der Waals surface area (Å²) in [6.07, 6.45) is -2.89. The predicted octanol–water partition coefficient (Wildman–Crippen LogP) is 6.05. The number of fused-ring (bicyclic) bond motifs is 3. The molecule has 4 aromatic carbocycles. The number of aliphatic imine (C=N–C) groups is 1. The summed E-state index contributed by atoms with van der Waals surface area (Å²) in [5.74, 6) is -1.98. The maximum absolute atomic E-state index is 13.1. The van der Waals surface area contributed by atoms with Gasteiger partial charge in [-0.1, -0.05) is 109 Å². The van der Waals surface area contributed by atoms with Crippen molar-refractivity contribution in [1.82, 2.24) is 10.2 Å². The SMILES string of the molecule is N/C(=N/C(=O)OCc1ccccc1)N(CCC[C@H](NC(=O)OCC1c2ccccc2-c2ccccc21)C(=O)O)C(=O)OCc1ccccc1. The van der Waals surface area contributed by atoms with Crippen molar-refractivity contribution in [2.24, 2.45) is 10.7 Å². The van der Waals surface area contributed by atoms with E-state index in [9.17, 15) is 24.3 Å². The Balaban J connectivity index is 1.18. The Bertz CT molecular complexity index is 1750. The zero-order valence-corrected chi connectivity index (χ0v) is 26.6. The third kappa shape index (κ3) is 9.22. The minimum absolute atomic E-state index is 0.0145. The molecule has 49 heavy (non-hydrogen) atoms. The second-order valence-corrected chi connectivity index (χ2v) is 11.2. The number of hydrogen-bond donors (Lipinski definition) is 3. The highest BCUT2D eigenvalue weighted by molar-refractivity contribution is 5.98. The molecule has 12 heteroatoms. The van der Waals surface area contributed by atoms with E-state index in [1.807, 2.05) is 60.7 Å². The third-order valence-corrected chi connectivity index (χ3v) is 7.92. The quantitative estimate of drug-likeness (QED) is 0.0927. The Morgan fingerprint density at radius 3 is 1.86 bits per heavy atom. The van der Waals surface area contributed by atoms with Gasteiger partial charge >= 0.3 is 24.2 Å². The van der Waals surface area contributed by atoms with Crippen molar-refractivity contribution in [2.75, 3.05) is 13.2 Å². The zero-order valence-electron chi connectivity index (χ0n) is 26.6. The Labute approximate surface area is 283 Å². The number of aliphatic carboxylic acids is 1. The fraction of sp³-hybridized carbons (Fsp3) is 0.216. The highest BCUT2D eigenvalue weighted by Crippen LogP contribution is 2.44. The van der Waals surface area contributed by atoms with E-state index in [2.05, 4.69) is 10.3 Å². The number of hydrogen-bond acceptors (Lipinski definition) is 7. The number of nitrogens with two attached hydrogens (primary N) is 1. The minimum atomic E-state index is -1.34. The average molecular weight is 665 g/mol. The van der Waals surface area contributed by atoms with E-state index < -0.39 is 36.3 Å². The molecule has 0 heterocycles. The summed E-state index contributed by atoms with van der Waals surface area (Å²) in [7, 11) is 0. The van der Waals surface area contributed by atoms with Crippen LogP contribution in [0.4, 0.5) is 14.4 Å². The number of ether oxygens (including phenoxy) is 3. The molecule has 5 rings (SSSR count). The molecule has 1 atom stereocenters. The molecule has 0 radical (unpaired) electrons. The number of amides is 3. The Morgan fingerprint density at radius 1 is 0.755 bits per heavy atom. The summed E-state index contributed by atoms with van der Waals surface area (Å²) in [5.41, 5.74) is 11.7. The molecule has 4 N–H and O–H groups in total. The van der Waals surface area contributed by atoms with Crippen LogP contribution in [0.1, 0.15) is 41.0 Å². The van der Waals surface area contributed by atoms with Crippen LogP contribution in [0.5, 0.6) is 0 Å². The van der Waals surface area contributed by atoms with Gasteiger partial charge in [0.15, 0.2) is 0 Å². The molecule has 0 saturated carbocycles. The molecule has 0 fully saturated rings. The number of alkyl carbamates (subject to hydrolysis) is 1. The molecular formula is C37H36N4O8. The normalized spacial score (nSPS) is 12.6. The number of guanidine groups is 1. The second kappa shape index (κ2) is 16.6. The lowest BCUT2D eigenvalue weighted by Gasteiger charge is -2.22. The van der Waals surface area contributed by atoms with E-state index >= 15 is 0 Å². The zero-order chi connectivity index (χ0) is 34.6.